The van der Waals surface area contributed by atoms with Crippen molar-refractivity contribution in [3.05, 3.63) is 88.1 Å². The summed E-state index contributed by atoms with van der Waals surface area (Å²) in [6.45, 7) is 1.39. The number of fused-ring (bicyclic) bond motifs is 4. The van der Waals surface area contributed by atoms with Crippen LogP contribution in [-0.4, -0.2) is 34.8 Å². The van der Waals surface area contributed by atoms with Crippen molar-refractivity contribution in [1.29, 1.82) is 0 Å². The van der Waals surface area contributed by atoms with Crippen LogP contribution in [-0.2, 0) is 6.54 Å². The van der Waals surface area contributed by atoms with E-state index in [0.717, 1.165) is 12.1 Å². The van der Waals surface area contributed by atoms with Crippen LogP contribution in [0.5, 0.6) is 5.75 Å². The number of amides is 1. The smallest absolute Gasteiger partial charge is 0.406 e. The molecule has 176 valence electrons. The van der Waals surface area contributed by atoms with Gasteiger partial charge < -0.3 is 14.2 Å². The zero-order valence-corrected chi connectivity index (χ0v) is 17.9. The molecule has 1 aromatic heterocycles. The lowest BCUT2D eigenvalue weighted by molar-refractivity contribution is -0.274. The van der Waals surface area contributed by atoms with Gasteiger partial charge >= 0.3 is 6.36 Å². The molecule has 1 saturated heterocycles. The van der Waals surface area contributed by atoms with Crippen molar-refractivity contribution in [3.63, 3.8) is 0 Å². The van der Waals surface area contributed by atoms with Crippen molar-refractivity contribution < 1.29 is 27.1 Å². The minimum Gasteiger partial charge on any atom is -0.406 e. The van der Waals surface area contributed by atoms with E-state index in [1.807, 2.05) is 6.07 Å². The molecule has 3 aromatic rings. The number of halogens is 4. The third kappa shape index (κ3) is 4.30. The van der Waals surface area contributed by atoms with E-state index in [1.165, 1.54) is 48.5 Å². The SMILES string of the molecule is O=C(c1ccc(F)cc1)N1C[C@@H]2C[C@H](C1)c1ccc(-c3ccc(OC(F)(F)F)cc3)c(=O)n1C2. The van der Waals surface area contributed by atoms with E-state index in [0.29, 0.717) is 36.3 Å². The third-order valence-corrected chi connectivity index (χ3v) is 6.38. The highest BCUT2D eigenvalue weighted by atomic mass is 19.4. The molecular weight excluding hydrogens is 452 g/mol. The van der Waals surface area contributed by atoms with Crippen molar-refractivity contribution >= 4 is 5.91 Å². The molecular formula is C25H20F4N2O3. The van der Waals surface area contributed by atoms with Gasteiger partial charge in [-0.05, 0) is 66.4 Å². The lowest BCUT2D eigenvalue weighted by Crippen LogP contribution is -2.49. The summed E-state index contributed by atoms with van der Waals surface area (Å²) in [5, 5.41) is 0. The molecule has 0 unspecified atom stereocenters. The highest BCUT2D eigenvalue weighted by molar-refractivity contribution is 5.94. The predicted octanol–water partition coefficient (Wildman–Crippen LogP) is 4.81. The number of hydrogen-bond donors (Lipinski definition) is 0. The number of nitrogens with zero attached hydrogens (tertiary/aromatic N) is 2. The van der Waals surface area contributed by atoms with Gasteiger partial charge in [0, 0.05) is 42.4 Å². The molecule has 2 aliphatic rings. The molecule has 5 nitrogen and oxygen atoms in total. The van der Waals surface area contributed by atoms with Gasteiger partial charge in [0.15, 0.2) is 0 Å². The molecule has 0 radical (unpaired) electrons. The van der Waals surface area contributed by atoms with Crippen LogP contribution >= 0.6 is 0 Å². The molecule has 1 fully saturated rings. The van der Waals surface area contributed by atoms with Crippen LogP contribution in [0.3, 0.4) is 0 Å². The number of carbonyl (C=O) groups is 1. The van der Waals surface area contributed by atoms with Crippen molar-refractivity contribution in [3.8, 4) is 16.9 Å². The van der Waals surface area contributed by atoms with Crippen LogP contribution in [0.25, 0.3) is 11.1 Å². The summed E-state index contributed by atoms with van der Waals surface area (Å²) in [6.07, 6.45) is -3.92. The molecule has 2 aliphatic heterocycles. The quantitative estimate of drug-likeness (QED) is 0.514. The monoisotopic (exact) mass is 472 g/mol. The highest BCUT2D eigenvalue weighted by Gasteiger charge is 2.37. The number of carbonyl (C=O) groups excluding carboxylic acids is 1. The Morgan fingerprint density at radius 2 is 1.62 bits per heavy atom. The van der Waals surface area contributed by atoms with Crippen LogP contribution in [0.4, 0.5) is 17.6 Å². The van der Waals surface area contributed by atoms with E-state index in [1.54, 1.807) is 15.5 Å². The number of rotatable bonds is 3. The lowest BCUT2D eigenvalue weighted by atomic mass is 9.82. The Labute approximate surface area is 192 Å². The van der Waals surface area contributed by atoms with Crippen LogP contribution in [0, 0.1) is 11.7 Å². The maximum absolute atomic E-state index is 13.3. The molecule has 1 amide bonds. The normalized spacial score (nSPS) is 19.5. The number of aromatic nitrogens is 1. The number of likely N-dealkylation sites (tertiary alicyclic amines) is 1. The Balaban J connectivity index is 1.39. The Bertz CT molecular complexity index is 1280. The first-order valence-corrected chi connectivity index (χ1v) is 10.8. The van der Waals surface area contributed by atoms with Gasteiger partial charge in [-0.2, -0.15) is 0 Å². The molecule has 9 heteroatoms. The van der Waals surface area contributed by atoms with Gasteiger partial charge in [0.05, 0.1) is 0 Å². The van der Waals surface area contributed by atoms with Gasteiger partial charge in [-0.25, -0.2) is 4.39 Å². The van der Waals surface area contributed by atoms with Gasteiger partial charge in [-0.15, -0.1) is 13.2 Å². The second-order valence-electron chi connectivity index (χ2n) is 8.68. The second-order valence-corrected chi connectivity index (χ2v) is 8.68. The molecule has 0 saturated carbocycles. The maximum Gasteiger partial charge on any atom is 0.573 e. The van der Waals surface area contributed by atoms with Crippen molar-refractivity contribution in [2.24, 2.45) is 5.92 Å². The third-order valence-electron chi connectivity index (χ3n) is 6.38. The minimum absolute atomic E-state index is 0.0128. The minimum atomic E-state index is -4.78. The molecule has 0 aliphatic carbocycles. The fourth-order valence-corrected chi connectivity index (χ4v) is 4.94. The largest absolute Gasteiger partial charge is 0.573 e. The highest BCUT2D eigenvalue weighted by Crippen LogP contribution is 2.36. The molecule has 2 bridgehead atoms. The van der Waals surface area contributed by atoms with Crippen LogP contribution < -0.4 is 10.3 Å². The number of benzene rings is 2. The molecule has 3 heterocycles. The lowest BCUT2D eigenvalue weighted by Gasteiger charge is -2.43. The number of pyridine rings is 1. The summed E-state index contributed by atoms with van der Waals surface area (Å²) in [6, 6.07) is 14.2. The van der Waals surface area contributed by atoms with Gasteiger partial charge in [0.2, 0.25) is 0 Å². The zero-order chi connectivity index (χ0) is 24.0. The molecule has 0 spiro atoms. The molecule has 2 aromatic carbocycles. The van der Waals surface area contributed by atoms with Crippen LogP contribution in [0.15, 0.2) is 65.5 Å². The predicted molar refractivity (Wildman–Crippen MR) is 116 cm³/mol. The molecule has 34 heavy (non-hydrogen) atoms. The average Bonchev–Trinajstić information content (AvgIpc) is 2.79. The number of ether oxygens (including phenoxy) is 1. The number of alkyl halides is 3. The summed E-state index contributed by atoms with van der Waals surface area (Å²) in [5.74, 6) is -0.843. The van der Waals surface area contributed by atoms with Crippen molar-refractivity contribution in [1.82, 2.24) is 9.47 Å². The van der Waals surface area contributed by atoms with E-state index in [4.69, 9.17) is 0 Å². The fourth-order valence-electron chi connectivity index (χ4n) is 4.94. The summed E-state index contributed by atoms with van der Waals surface area (Å²) in [7, 11) is 0. The van der Waals surface area contributed by atoms with Crippen molar-refractivity contribution in [2.45, 2.75) is 25.2 Å². The standard InChI is InChI=1S/C25H20F4N2O3/c26-19-5-1-17(2-6-19)23(32)30-12-15-11-18(14-30)22-10-9-21(24(33)31(22)13-15)16-3-7-20(8-4-16)34-25(27,28)29/h1-10,15,18H,11-14H2/t15-,18+/m0/s1. The van der Waals surface area contributed by atoms with Gasteiger partial charge in [-0.3, -0.25) is 9.59 Å². The Kier molecular flexibility index (Phi) is 5.42. The van der Waals surface area contributed by atoms with E-state index < -0.39 is 12.2 Å². The second kappa shape index (κ2) is 8.30. The van der Waals surface area contributed by atoms with Crippen LogP contribution in [0.2, 0.25) is 0 Å². The Hall–Kier alpha value is -3.62. The first-order chi connectivity index (χ1) is 16.2. The van der Waals surface area contributed by atoms with Gasteiger partial charge in [-0.1, -0.05) is 12.1 Å². The maximum atomic E-state index is 13.3. The molecule has 0 N–H and O–H groups in total. The zero-order valence-electron chi connectivity index (χ0n) is 17.9. The average molecular weight is 472 g/mol. The number of piperidine rings is 1. The van der Waals surface area contributed by atoms with E-state index in [9.17, 15) is 27.2 Å². The molecule has 5 rings (SSSR count). The van der Waals surface area contributed by atoms with Crippen molar-refractivity contribution in [2.75, 3.05) is 13.1 Å². The Morgan fingerprint density at radius 3 is 2.29 bits per heavy atom. The fraction of sp³-hybridized carbons (Fsp3) is 0.280. The van der Waals surface area contributed by atoms with Gasteiger partial charge in [0.1, 0.15) is 11.6 Å². The summed E-state index contributed by atoms with van der Waals surface area (Å²) in [5.41, 5.74) is 1.93. The van der Waals surface area contributed by atoms with Gasteiger partial charge in [0.25, 0.3) is 11.5 Å². The summed E-state index contributed by atoms with van der Waals surface area (Å²) in [4.78, 5) is 27.9. The Morgan fingerprint density at radius 1 is 0.912 bits per heavy atom. The topological polar surface area (TPSA) is 51.5 Å². The summed E-state index contributed by atoms with van der Waals surface area (Å²) < 4.78 is 56.0. The first-order valence-electron chi connectivity index (χ1n) is 10.8. The van der Waals surface area contributed by atoms with E-state index in [2.05, 4.69) is 4.74 Å². The number of hydrogen-bond acceptors (Lipinski definition) is 3. The van der Waals surface area contributed by atoms with Crippen LogP contribution in [0.1, 0.15) is 28.4 Å². The molecule has 2 atom stereocenters. The summed E-state index contributed by atoms with van der Waals surface area (Å²) >= 11 is 0. The first kappa shape index (κ1) is 22.2. The van der Waals surface area contributed by atoms with E-state index in [-0.39, 0.29) is 29.1 Å². The van der Waals surface area contributed by atoms with E-state index >= 15 is 0 Å².